The average Bonchev–Trinajstić information content (AvgIpc) is 2.58. The van der Waals surface area contributed by atoms with E-state index in [9.17, 15) is 23.5 Å². The van der Waals surface area contributed by atoms with Crippen molar-refractivity contribution in [3.8, 4) is 11.1 Å². The van der Waals surface area contributed by atoms with Gasteiger partial charge < -0.3 is 15.7 Å². The second kappa shape index (κ2) is 6.85. The molecule has 0 aliphatic carbocycles. The Bertz CT molecular complexity index is 984. The molecule has 0 spiro atoms. The standard InChI is InChI=1S/C20H21F2N3O3/c1-20(2,3)16-15(11-5-4-10(21)8-13(11)22)12-6-7-25(19(27)28)9-14(12)24-17(16)18(23)26/h4-5,8H,6-7,9H2,1-3H3,(H2,23,26)(H,27,28). The number of hydrogen-bond donors (Lipinski definition) is 2. The van der Waals surface area contributed by atoms with Crippen LogP contribution in [-0.2, 0) is 18.4 Å². The molecule has 6 nitrogen and oxygen atoms in total. The molecule has 1 aromatic heterocycles. The van der Waals surface area contributed by atoms with Crippen molar-refractivity contribution < 1.29 is 23.5 Å². The van der Waals surface area contributed by atoms with Crippen LogP contribution in [-0.4, -0.2) is 33.5 Å². The number of rotatable bonds is 2. The number of carboxylic acid groups (broad SMARTS) is 1. The molecule has 0 unspecified atom stereocenters. The first-order chi connectivity index (χ1) is 13.0. The molecule has 1 aliphatic rings. The highest BCUT2D eigenvalue weighted by atomic mass is 19.1. The van der Waals surface area contributed by atoms with Crippen molar-refractivity contribution in [3.05, 3.63) is 52.3 Å². The number of primary amides is 1. The number of fused-ring (bicyclic) bond motifs is 1. The van der Waals surface area contributed by atoms with E-state index in [1.54, 1.807) is 0 Å². The highest BCUT2D eigenvalue weighted by Crippen LogP contribution is 2.41. The molecule has 0 saturated carbocycles. The van der Waals surface area contributed by atoms with E-state index in [-0.39, 0.29) is 24.3 Å². The van der Waals surface area contributed by atoms with Gasteiger partial charge in [0.15, 0.2) is 0 Å². The van der Waals surface area contributed by atoms with E-state index in [2.05, 4.69) is 4.98 Å². The van der Waals surface area contributed by atoms with Gasteiger partial charge >= 0.3 is 6.09 Å². The summed E-state index contributed by atoms with van der Waals surface area (Å²) in [6.07, 6.45) is -0.814. The molecule has 0 fully saturated rings. The number of nitrogens with zero attached hydrogens (tertiary/aromatic N) is 2. The number of hydrogen-bond acceptors (Lipinski definition) is 3. The first kappa shape index (κ1) is 19.7. The van der Waals surface area contributed by atoms with Crippen molar-refractivity contribution >= 4 is 12.0 Å². The lowest BCUT2D eigenvalue weighted by Crippen LogP contribution is -2.37. The van der Waals surface area contributed by atoms with Gasteiger partial charge in [-0.2, -0.15) is 0 Å². The Hall–Kier alpha value is -3.03. The zero-order valence-electron chi connectivity index (χ0n) is 15.8. The summed E-state index contributed by atoms with van der Waals surface area (Å²) in [7, 11) is 0. The monoisotopic (exact) mass is 389 g/mol. The van der Waals surface area contributed by atoms with Crippen LogP contribution in [0.25, 0.3) is 11.1 Å². The molecule has 0 radical (unpaired) electrons. The van der Waals surface area contributed by atoms with Gasteiger partial charge in [-0.15, -0.1) is 0 Å². The van der Waals surface area contributed by atoms with Crippen LogP contribution in [0, 0.1) is 11.6 Å². The molecule has 2 heterocycles. The van der Waals surface area contributed by atoms with E-state index in [0.717, 1.165) is 12.1 Å². The normalized spacial score (nSPS) is 14.0. The van der Waals surface area contributed by atoms with Crippen molar-refractivity contribution in [3.63, 3.8) is 0 Å². The predicted molar refractivity (Wildman–Crippen MR) is 98.9 cm³/mol. The van der Waals surface area contributed by atoms with Gasteiger partial charge in [0.1, 0.15) is 17.3 Å². The summed E-state index contributed by atoms with van der Waals surface area (Å²) >= 11 is 0. The average molecular weight is 389 g/mol. The Morgan fingerprint density at radius 1 is 1.25 bits per heavy atom. The van der Waals surface area contributed by atoms with Gasteiger partial charge in [0.05, 0.1) is 12.2 Å². The third-order valence-corrected chi connectivity index (χ3v) is 4.81. The van der Waals surface area contributed by atoms with Crippen LogP contribution in [0.1, 0.15) is 48.1 Å². The van der Waals surface area contributed by atoms with Gasteiger partial charge in [-0.05, 0) is 40.7 Å². The highest BCUT2D eigenvalue weighted by Gasteiger charge is 2.34. The van der Waals surface area contributed by atoms with E-state index in [4.69, 9.17) is 5.73 Å². The summed E-state index contributed by atoms with van der Waals surface area (Å²) in [5.41, 5.74) is 6.96. The fourth-order valence-electron chi connectivity index (χ4n) is 3.64. The summed E-state index contributed by atoms with van der Waals surface area (Å²) in [4.78, 5) is 29.1. The largest absolute Gasteiger partial charge is 0.465 e. The molecular formula is C20H21F2N3O3. The maximum Gasteiger partial charge on any atom is 0.407 e. The first-order valence-electron chi connectivity index (χ1n) is 8.80. The van der Waals surface area contributed by atoms with E-state index in [0.29, 0.717) is 28.8 Å². The first-order valence-corrected chi connectivity index (χ1v) is 8.80. The number of carbonyl (C=O) groups excluding carboxylic acids is 1. The number of nitrogens with two attached hydrogens (primary N) is 1. The fourth-order valence-corrected chi connectivity index (χ4v) is 3.64. The third kappa shape index (κ3) is 3.42. The van der Waals surface area contributed by atoms with Gasteiger partial charge in [0.25, 0.3) is 5.91 Å². The van der Waals surface area contributed by atoms with Crippen molar-refractivity contribution in [2.75, 3.05) is 6.54 Å². The van der Waals surface area contributed by atoms with Crippen molar-refractivity contribution in [2.24, 2.45) is 5.73 Å². The lowest BCUT2D eigenvalue weighted by molar-refractivity contribution is 0.0992. The molecule has 1 aromatic carbocycles. The van der Waals surface area contributed by atoms with E-state index in [1.165, 1.54) is 11.0 Å². The molecule has 1 aliphatic heterocycles. The minimum Gasteiger partial charge on any atom is -0.465 e. The number of aromatic nitrogens is 1. The van der Waals surface area contributed by atoms with E-state index in [1.807, 2.05) is 20.8 Å². The number of pyridine rings is 1. The Morgan fingerprint density at radius 2 is 1.93 bits per heavy atom. The van der Waals surface area contributed by atoms with Crippen LogP contribution in [0.3, 0.4) is 0 Å². The Labute approximate surface area is 161 Å². The van der Waals surface area contributed by atoms with Crippen LogP contribution in [0.15, 0.2) is 18.2 Å². The Morgan fingerprint density at radius 3 is 2.46 bits per heavy atom. The molecule has 3 rings (SSSR count). The minimum absolute atomic E-state index is 0.0304. The lowest BCUT2D eigenvalue weighted by atomic mass is 9.77. The fraction of sp³-hybridized carbons (Fsp3) is 0.350. The van der Waals surface area contributed by atoms with Crippen molar-refractivity contribution in [1.29, 1.82) is 0 Å². The maximum atomic E-state index is 14.7. The number of carbonyl (C=O) groups is 2. The molecular weight excluding hydrogens is 368 g/mol. The second-order valence-corrected chi connectivity index (χ2v) is 7.83. The van der Waals surface area contributed by atoms with Gasteiger partial charge in [-0.1, -0.05) is 20.8 Å². The summed E-state index contributed by atoms with van der Waals surface area (Å²) < 4.78 is 28.2. The van der Waals surface area contributed by atoms with Crippen LogP contribution in [0.2, 0.25) is 0 Å². The Kier molecular flexibility index (Phi) is 4.82. The van der Waals surface area contributed by atoms with Crippen LogP contribution < -0.4 is 5.73 Å². The maximum absolute atomic E-state index is 14.7. The van der Waals surface area contributed by atoms with Crippen molar-refractivity contribution in [1.82, 2.24) is 9.88 Å². The van der Waals surface area contributed by atoms with Crippen LogP contribution in [0.5, 0.6) is 0 Å². The molecule has 2 aromatic rings. The summed E-state index contributed by atoms with van der Waals surface area (Å²) in [5, 5.41) is 9.29. The summed E-state index contributed by atoms with van der Waals surface area (Å²) in [6, 6.07) is 3.25. The summed E-state index contributed by atoms with van der Waals surface area (Å²) in [5.74, 6) is -2.27. The quantitative estimate of drug-likeness (QED) is 0.822. The SMILES string of the molecule is CC(C)(C)c1c(C(N)=O)nc2c(c1-c1ccc(F)cc1F)CCN(C(=O)O)C2. The molecule has 2 amide bonds. The number of benzene rings is 1. The predicted octanol–water partition coefficient (Wildman–Crippen LogP) is 3.46. The molecule has 8 heteroatoms. The zero-order valence-corrected chi connectivity index (χ0v) is 15.8. The van der Waals surface area contributed by atoms with Gasteiger partial charge in [-0.3, -0.25) is 4.79 Å². The van der Waals surface area contributed by atoms with Gasteiger partial charge in [0, 0.05) is 18.2 Å². The smallest absolute Gasteiger partial charge is 0.407 e. The van der Waals surface area contributed by atoms with Crippen molar-refractivity contribution in [2.45, 2.75) is 39.2 Å². The molecule has 3 N–H and O–H groups in total. The lowest BCUT2D eigenvalue weighted by Gasteiger charge is -2.33. The molecule has 0 bridgehead atoms. The third-order valence-electron chi connectivity index (χ3n) is 4.81. The minimum atomic E-state index is -1.11. The number of amides is 2. The van der Waals surface area contributed by atoms with Crippen LogP contribution in [0.4, 0.5) is 13.6 Å². The van der Waals surface area contributed by atoms with E-state index >= 15 is 0 Å². The van der Waals surface area contributed by atoms with Gasteiger partial charge in [-0.25, -0.2) is 18.6 Å². The molecule has 0 atom stereocenters. The molecule has 0 saturated heterocycles. The second-order valence-electron chi connectivity index (χ2n) is 7.83. The van der Waals surface area contributed by atoms with Crippen LogP contribution >= 0.6 is 0 Å². The molecule has 148 valence electrons. The summed E-state index contributed by atoms with van der Waals surface area (Å²) in [6.45, 7) is 5.71. The topological polar surface area (TPSA) is 96.5 Å². The molecule has 28 heavy (non-hydrogen) atoms. The zero-order chi connectivity index (χ0) is 20.8. The highest BCUT2D eigenvalue weighted by molar-refractivity contribution is 5.96. The van der Waals surface area contributed by atoms with Gasteiger partial charge in [0.2, 0.25) is 0 Å². The number of halogens is 2. The Balaban J connectivity index is 2.40. The van der Waals surface area contributed by atoms with E-state index < -0.39 is 29.0 Å².